The number of hydrogen-bond donors (Lipinski definition) is 2. The molecule has 0 bridgehead atoms. The van der Waals surface area contributed by atoms with Crippen molar-refractivity contribution in [2.75, 3.05) is 26.4 Å². The molecule has 0 amide bonds. The summed E-state index contributed by atoms with van der Waals surface area (Å²) in [6.07, 6.45) is 66.9. The first-order valence-corrected chi connectivity index (χ1v) is 32.0. The summed E-state index contributed by atoms with van der Waals surface area (Å²) in [5.41, 5.74) is 0. The molecule has 0 spiro atoms. The van der Waals surface area contributed by atoms with E-state index >= 15 is 0 Å². The van der Waals surface area contributed by atoms with Gasteiger partial charge in [0.15, 0.2) is 6.10 Å². The summed E-state index contributed by atoms with van der Waals surface area (Å²) in [6.45, 7) is 4.45. The molecular formula is C64H111O11P. The number of unbranched alkanes of at least 4 members (excludes halogenated alkanes) is 25. The molecule has 0 rings (SSSR count). The highest BCUT2D eigenvalue weighted by molar-refractivity contribution is 7.47. The van der Waals surface area contributed by atoms with Crippen LogP contribution in [0, 0.1) is 0 Å². The van der Waals surface area contributed by atoms with E-state index in [2.05, 4.69) is 106 Å². The molecule has 0 aromatic carbocycles. The number of phosphoric acid groups is 1. The fourth-order valence-corrected chi connectivity index (χ4v) is 8.91. The van der Waals surface area contributed by atoms with Crippen molar-refractivity contribution in [2.24, 2.45) is 0 Å². The van der Waals surface area contributed by atoms with E-state index in [1.54, 1.807) is 0 Å². The molecule has 438 valence electrons. The van der Waals surface area contributed by atoms with Crippen molar-refractivity contribution in [3.8, 4) is 0 Å². The Labute approximate surface area is 464 Å². The normalized spacial score (nSPS) is 13.9. The van der Waals surface area contributed by atoms with Crippen molar-refractivity contribution in [2.45, 2.75) is 277 Å². The van der Waals surface area contributed by atoms with Gasteiger partial charge < -0.3 is 24.2 Å². The van der Waals surface area contributed by atoms with E-state index in [4.69, 9.17) is 23.3 Å². The van der Waals surface area contributed by atoms with Crippen LogP contribution in [0.5, 0.6) is 0 Å². The fraction of sp³-hybridized carbons (Fsp3) is 0.734. The summed E-state index contributed by atoms with van der Waals surface area (Å²) in [5.74, 6) is -1.51. The minimum absolute atomic E-state index is 0.155. The number of aliphatic hydroxyl groups excluding tert-OH is 1. The van der Waals surface area contributed by atoms with Crippen LogP contribution in [0.2, 0.25) is 0 Å². The smallest absolute Gasteiger partial charge is 0.462 e. The second-order valence-corrected chi connectivity index (χ2v) is 21.6. The maximum Gasteiger partial charge on any atom is 0.472 e. The lowest BCUT2D eigenvalue weighted by Gasteiger charge is -2.21. The first-order chi connectivity index (χ1) is 37.2. The minimum atomic E-state index is -4.76. The van der Waals surface area contributed by atoms with Gasteiger partial charge in [-0.25, -0.2) is 4.57 Å². The number of esters is 3. The summed E-state index contributed by atoms with van der Waals surface area (Å²) in [6, 6.07) is 0. The van der Waals surface area contributed by atoms with Crippen molar-refractivity contribution < 1.29 is 52.2 Å². The lowest BCUT2D eigenvalue weighted by atomic mass is 10.1. The summed E-state index contributed by atoms with van der Waals surface area (Å²) in [4.78, 5) is 48.6. The van der Waals surface area contributed by atoms with Crippen LogP contribution < -0.4 is 0 Å². The maximum absolute atomic E-state index is 12.9. The SMILES string of the molecule is CC/C=C\C/C=C\C/C=C\C/C=C\C/C=C\CCCCCC(=O)OCC(COP(=O)(O)OCC(CO)OC(=O)CCCCCCC/C=C\CCCC)OC(=O)CCCCCCCCCCC/C=C\CCCCCCCC. The van der Waals surface area contributed by atoms with Crippen molar-refractivity contribution in [3.05, 3.63) is 85.1 Å². The standard InChI is InChI=1S/C64H111O11P/c1-4-7-10-13-16-19-22-24-26-28-30-32-34-36-39-41-44-47-50-53-62(66)71-57-61(75-64(68)55-52-49-46-43-40-37-35-33-31-29-27-25-23-20-17-14-11-8-5-2)59-73-76(69,70)72-58-60(56-65)74-63(67)54-51-48-45-42-38-21-18-15-12-9-6-3/h7,10,15-16,18-19,24-27,30,32,36,39,60-61,65H,4-6,8-9,11-14,17,20-23,28-29,31,33-35,37-38,40-59H2,1-3H3,(H,69,70)/b10-7-,18-15-,19-16-,26-24-,27-25-,32-30-,39-36-. The zero-order valence-electron chi connectivity index (χ0n) is 48.5. The predicted molar refractivity (Wildman–Crippen MR) is 316 cm³/mol. The van der Waals surface area contributed by atoms with E-state index in [0.717, 1.165) is 109 Å². The van der Waals surface area contributed by atoms with Gasteiger partial charge in [-0.2, -0.15) is 0 Å². The van der Waals surface area contributed by atoms with Crippen molar-refractivity contribution in [1.82, 2.24) is 0 Å². The van der Waals surface area contributed by atoms with Crippen LogP contribution in [-0.2, 0) is 42.2 Å². The van der Waals surface area contributed by atoms with Gasteiger partial charge in [-0.3, -0.25) is 23.4 Å². The summed E-state index contributed by atoms with van der Waals surface area (Å²) < 4.78 is 39.5. The Kier molecular flexibility index (Phi) is 55.3. The van der Waals surface area contributed by atoms with Gasteiger partial charge >= 0.3 is 25.7 Å². The second-order valence-electron chi connectivity index (χ2n) is 20.1. The summed E-state index contributed by atoms with van der Waals surface area (Å²) in [7, 11) is -4.76. The van der Waals surface area contributed by atoms with Crippen LogP contribution in [0.25, 0.3) is 0 Å². The average molecular weight is 1090 g/mol. The predicted octanol–water partition coefficient (Wildman–Crippen LogP) is 18.3. The first-order valence-electron chi connectivity index (χ1n) is 30.5. The Morgan fingerprint density at radius 1 is 0.382 bits per heavy atom. The summed E-state index contributed by atoms with van der Waals surface area (Å²) >= 11 is 0. The van der Waals surface area contributed by atoms with Crippen molar-refractivity contribution in [1.29, 1.82) is 0 Å². The molecule has 0 aromatic heterocycles. The zero-order chi connectivity index (χ0) is 55.5. The molecular weight excluding hydrogens is 976 g/mol. The van der Waals surface area contributed by atoms with Gasteiger partial charge in [-0.05, 0) is 109 Å². The van der Waals surface area contributed by atoms with Gasteiger partial charge in [0.05, 0.1) is 19.8 Å². The highest BCUT2D eigenvalue weighted by atomic mass is 31.2. The van der Waals surface area contributed by atoms with E-state index < -0.39 is 57.8 Å². The molecule has 0 fully saturated rings. The molecule has 0 aliphatic carbocycles. The third kappa shape index (κ3) is 55.4. The van der Waals surface area contributed by atoms with Crippen LogP contribution in [0.4, 0.5) is 0 Å². The van der Waals surface area contributed by atoms with Gasteiger partial charge in [-0.15, -0.1) is 0 Å². The third-order valence-corrected chi connectivity index (χ3v) is 13.7. The lowest BCUT2D eigenvalue weighted by molar-refractivity contribution is -0.161. The molecule has 0 aromatic rings. The molecule has 0 radical (unpaired) electrons. The minimum Gasteiger partial charge on any atom is -0.462 e. The molecule has 0 aliphatic rings. The molecule has 11 nitrogen and oxygen atoms in total. The number of phosphoric ester groups is 1. The van der Waals surface area contributed by atoms with Crippen LogP contribution in [0.3, 0.4) is 0 Å². The monoisotopic (exact) mass is 1090 g/mol. The van der Waals surface area contributed by atoms with E-state index in [-0.39, 0.29) is 25.9 Å². The zero-order valence-corrected chi connectivity index (χ0v) is 49.3. The number of carbonyl (C=O) groups is 3. The molecule has 0 aliphatic heterocycles. The molecule has 0 heterocycles. The number of rotatable bonds is 56. The summed E-state index contributed by atoms with van der Waals surface area (Å²) in [5, 5.41) is 9.80. The number of hydrogen-bond acceptors (Lipinski definition) is 10. The van der Waals surface area contributed by atoms with Gasteiger partial charge in [-0.1, -0.05) is 221 Å². The van der Waals surface area contributed by atoms with Gasteiger partial charge in [0, 0.05) is 19.3 Å². The molecule has 0 saturated carbocycles. The molecule has 3 atom stereocenters. The molecule has 76 heavy (non-hydrogen) atoms. The maximum atomic E-state index is 12.9. The Morgan fingerprint density at radius 2 is 0.697 bits per heavy atom. The Balaban J connectivity index is 4.77. The van der Waals surface area contributed by atoms with Crippen molar-refractivity contribution >= 4 is 25.7 Å². The number of ether oxygens (including phenoxy) is 3. The van der Waals surface area contributed by atoms with Crippen LogP contribution in [0.1, 0.15) is 265 Å². The Hall–Kier alpha value is -3.34. The third-order valence-electron chi connectivity index (χ3n) is 12.8. The van der Waals surface area contributed by atoms with Crippen molar-refractivity contribution in [3.63, 3.8) is 0 Å². The van der Waals surface area contributed by atoms with E-state index in [1.165, 1.54) is 96.3 Å². The average Bonchev–Trinajstić information content (AvgIpc) is 3.41. The van der Waals surface area contributed by atoms with Gasteiger partial charge in [0.1, 0.15) is 12.7 Å². The Morgan fingerprint density at radius 3 is 1.12 bits per heavy atom. The van der Waals surface area contributed by atoms with Gasteiger partial charge in [0.2, 0.25) is 0 Å². The highest BCUT2D eigenvalue weighted by Gasteiger charge is 2.28. The molecule has 2 N–H and O–H groups in total. The number of carbonyl (C=O) groups excluding carboxylic acids is 3. The van der Waals surface area contributed by atoms with Crippen LogP contribution in [-0.4, -0.2) is 66.5 Å². The quantitative estimate of drug-likeness (QED) is 0.0197. The van der Waals surface area contributed by atoms with E-state index in [9.17, 15) is 28.9 Å². The second kappa shape index (κ2) is 57.8. The lowest BCUT2D eigenvalue weighted by Crippen LogP contribution is -2.30. The van der Waals surface area contributed by atoms with E-state index in [0.29, 0.717) is 19.3 Å². The molecule has 0 saturated heterocycles. The molecule has 12 heteroatoms. The highest BCUT2D eigenvalue weighted by Crippen LogP contribution is 2.43. The van der Waals surface area contributed by atoms with E-state index in [1.807, 2.05) is 0 Å². The number of allylic oxidation sites excluding steroid dienone is 14. The number of aliphatic hydroxyl groups is 1. The molecule has 3 unspecified atom stereocenters. The first kappa shape index (κ1) is 72.7. The Bertz CT molecular complexity index is 1600. The topological polar surface area (TPSA) is 155 Å². The largest absolute Gasteiger partial charge is 0.472 e. The van der Waals surface area contributed by atoms with Crippen LogP contribution in [0.15, 0.2) is 85.1 Å². The van der Waals surface area contributed by atoms with Gasteiger partial charge in [0.25, 0.3) is 0 Å². The fourth-order valence-electron chi connectivity index (χ4n) is 8.12. The van der Waals surface area contributed by atoms with Crippen LogP contribution >= 0.6 is 7.82 Å².